The van der Waals surface area contributed by atoms with Crippen LogP contribution in [0.2, 0.25) is 0 Å². The summed E-state index contributed by atoms with van der Waals surface area (Å²) in [6.07, 6.45) is 1.77. The number of aromatic amines is 1. The van der Waals surface area contributed by atoms with Gasteiger partial charge in [0, 0.05) is 22.7 Å². The number of carboxylic acids is 1. The molecule has 1 heterocycles. The van der Waals surface area contributed by atoms with Gasteiger partial charge in [-0.2, -0.15) is 0 Å². The fourth-order valence-electron chi connectivity index (χ4n) is 1.95. The summed E-state index contributed by atoms with van der Waals surface area (Å²) >= 11 is 0. The maximum atomic E-state index is 11.2. The molecule has 0 saturated carbocycles. The van der Waals surface area contributed by atoms with Gasteiger partial charge in [0.1, 0.15) is 6.04 Å². The Morgan fingerprint density at radius 3 is 2.69 bits per heavy atom. The Labute approximate surface area is 93.5 Å². The molecule has 4 nitrogen and oxygen atoms in total. The standard InChI is InChI=1S/C12H14N2O2/c1-14(2)11(12(15)16)9-7-13-10-6-4-3-5-8(9)10/h3-7,11,13H,1-2H3,(H,15,16). The molecule has 84 valence electrons. The highest BCUT2D eigenvalue weighted by Crippen LogP contribution is 2.26. The van der Waals surface area contributed by atoms with Crippen LogP contribution in [0.25, 0.3) is 10.9 Å². The molecule has 1 atom stereocenters. The minimum atomic E-state index is -0.838. The highest BCUT2D eigenvalue weighted by atomic mass is 16.4. The van der Waals surface area contributed by atoms with Crippen molar-refractivity contribution in [2.45, 2.75) is 6.04 Å². The van der Waals surface area contributed by atoms with Crippen LogP contribution >= 0.6 is 0 Å². The van der Waals surface area contributed by atoms with Crippen molar-refractivity contribution in [2.75, 3.05) is 14.1 Å². The zero-order valence-electron chi connectivity index (χ0n) is 9.27. The molecule has 0 fully saturated rings. The van der Waals surface area contributed by atoms with Crippen molar-refractivity contribution in [3.63, 3.8) is 0 Å². The molecule has 0 aliphatic rings. The number of carboxylic acid groups (broad SMARTS) is 1. The van der Waals surface area contributed by atoms with E-state index in [4.69, 9.17) is 0 Å². The average molecular weight is 218 g/mol. The summed E-state index contributed by atoms with van der Waals surface area (Å²) in [4.78, 5) is 16.0. The number of benzene rings is 1. The molecule has 1 unspecified atom stereocenters. The third-order valence-corrected chi connectivity index (χ3v) is 2.67. The van der Waals surface area contributed by atoms with Crippen molar-refractivity contribution in [2.24, 2.45) is 0 Å². The lowest BCUT2D eigenvalue weighted by Crippen LogP contribution is -2.27. The van der Waals surface area contributed by atoms with Gasteiger partial charge in [0.15, 0.2) is 0 Å². The number of rotatable bonds is 3. The Hall–Kier alpha value is -1.81. The molecule has 2 aromatic rings. The van der Waals surface area contributed by atoms with Gasteiger partial charge in [0.05, 0.1) is 0 Å². The fraction of sp³-hybridized carbons (Fsp3) is 0.250. The number of nitrogens with zero attached hydrogens (tertiary/aromatic N) is 1. The molecule has 0 radical (unpaired) electrons. The van der Waals surface area contributed by atoms with E-state index < -0.39 is 12.0 Å². The molecule has 16 heavy (non-hydrogen) atoms. The van der Waals surface area contributed by atoms with Crippen molar-refractivity contribution in [3.8, 4) is 0 Å². The van der Waals surface area contributed by atoms with Gasteiger partial charge in [-0.25, -0.2) is 0 Å². The molecular formula is C12H14N2O2. The van der Waals surface area contributed by atoms with E-state index in [1.54, 1.807) is 25.2 Å². The van der Waals surface area contributed by atoms with Gasteiger partial charge in [0.2, 0.25) is 0 Å². The maximum Gasteiger partial charge on any atom is 0.325 e. The number of aliphatic carboxylic acids is 1. The second-order valence-electron chi connectivity index (χ2n) is 3.99. The van der Waals surface area contributed by atoms with E-state index in [0.29, 0.717) is 0 Å². The number of hydrogen-bond acceptors (Lipinski definition) is 2. The summed E-state index contributed by atoms with van der Waals surface area (Å²) in [5, 5.41) is 10.2. The predicted octanol–water partition coefficient (Wildman–Crippen LogP) is 1.86. The predicted molar refractivity (Wildman–Crippen MR) is 62.4 cm³/mol. The summed E-state index contributed by atoms with van der Waals surface area (Å²) in [6.45, 7) is 0. The van der Waals surface area contributed by atoms with Crippen LogP contribution in [0.5, 0.6) is 0 Å². The zero-order valence-corrected chi connectivity index (χ0v) is 9.27. The van der Waals surface area contributed by atoms with Gasteiger partial charge in [-0.3, -0.25) is 9.69 Å². The quantitative estimate of drug-likeness (QED) is 0.826. The minimum Gasteiger partial charge on any atom is -0.480 e. The zero-order chi connectivity index (χ0) is 11.7. The van der Waals surface area contributed by atoms with E-state index in [1.165, 1.54) is 0 Å². The molecule has 1 aromatic carbocycles. The summed E-state index contributed by atoms with van der Waals surface area (Å²) in [7, 11) is 3.53. The van der Waals surface area contributed by atoms with Crippen molar-refractivity contribution in [3.05, 3.63) is 36.0 Å². The topological polar surface area (TPSA) is 56.3 Å². The van der Waals surface area contributed by atoms with Gasteiger partial charge in [-0.15, -0.1) is 0 Å². The lowest BCUT2D eigenvalue weighted by molar-refractivity contribution is -0.142. The summed E-state index contributed by atoms with van der Waals surface area (Å²) in [5.41, 5.74) is 1.76. The van der Waals surface area contributed by atoms with Gasteiger partial charge < -0.3 is 10.1 Å². The number of carbonyl (C=O) groups is 1. The Morgan fingerprint density at radius 1 is 1.38 bits per heavy atom. The van der Waals surface area contributed by atoms with Crippen LogP contribution in [0.3, 0.4) is 0 Å². The fourth-order valence-corrected chi connectivity index (χ4v) is 1.95. The normalized spacial score (nSPS) is 13.2. The SMILES string of the molecule is CN(C)C(C(=O)O)c1c[nH]c2ccccc12. The van der Waals surface area contributed by atoms with Crippen molar-refractivity contribution in [1.82, 2.24) is 9.88 Å². The Morgan fingerprint density at radius 2 is 2.06 bits per heavy atom. The van der Waals surface area contributed by atoms with Crippen LogP contribution in [0.4, 0.5) is 0 Å². The molecule has 0 spiro atoms. The van der Waals surface area contributed by atoms with Crippen molar-refractivity contribution in [1.29, 1.82) is 0 Å². The number of H-pyrrole nitrogens is 1. The molecule has 2 N–H and O–H groups in total. The Kier molecular flexibility index (Phi) is 2.66. The molecule has 0 bridgehead atoms. The highest BCUT2D eigenvalue weighted by molar-refractivity contribution is 5.89. The minimum absolute atomic E-state index is 0.615. The molecular weight excluding hydrogens is 204 g/mol. The molecule has 4 heteroatoms. The first kappa shape index (κ1) is 10.7. The lowest BCUT2D eigenvalue weighted by Gasteiger charge is -2.19. The highest BCUT2D eigenvalue weighted by Gasteiger charge is 2.24. The molecule has 0 aliphatic carbocycles. The molecule has 0 saturated heterocycles. The summed E-state index contributed by atoms with van der Waals surface area (Å²) in [5.74, 6) is -0.838. The molecule has 1 aromatic heterocycles. The first-order valence-electron chi connectivity index (χ1n) is 5.06. The smallest absolute Gasteiger partial charge is 0.325 e. The van der Waals surface area contributed by atoms with Gasteiger partial charge in [0.25, 0.3) is 0 Å². The van der Waals surface area contributed by atoms with Crippen LogP contribution in [-0.2, 0) is 4.79 Å². The molecule has 0 amide bonds. The van der Waals surface area contributed by atoms with Gasteiger partial charge in [-0.05, 0) is 20.2 Å². The largest absolute Gasteiger partial charge is 0.480 e. The van der Waals surface area contributed by atoms with Crippen LogP contribution in [-0.4, -0.2) is 35.1 Å². The number of aromatic nitrogens is 1. The van der Waals surface area contributed by atoms with E-state index in [2.05, 4.69) is 4.98 Å². The van der Waals surface area contributed by atoms with E-state index in [9.17, 15) is 9.90 Å². The van der Waals surface area contributed by atoms with Gasteiger partial charge in [-0.1, -0.05) is 18.2 Å². The monoisotopic (exact) mass is 218 g/mol. The first-order chi connectivity index (χ1) is 7.61. The average Bonchev–Trinajstić information content (AvgIpc) is 2.61. The van der Waals surface area contributed by atoms with Crippen LogP contribution in [0.15, 0.2) is 30.5 Å². The lowest BCUT2D eigenvalue weighted by atomic mass is 10.1. The summed E-state index contributed by atoms with van der Waals surface area (Å²) < 4.78 is 0. The number of hydrogen-bond donors (Lipinski definition) is 2. The van der Waals surface area contributed by atoms with Crippen LogP contribution in [0, 0.1) is 0 Å². The first-order valence-corrected chi connectivity index (χ1v) is 5.06. The van der Waals surface area contributed by atoms with E-state index in [-0.39, 0.29) is 0 Å². The van der Waals surface area contributed by atoms with Gasteiger partial charge >= 0.3 is 5.97 Å². The second-order valence-corrected chi connectivity index (χ2v) is 3.99. The number of nitrogens with one attached hydrogen (secondary N) is 1. The maximum absolute atomic E-state index is 11.2. The van der Waals surface area contributed by atoms with Crippen LogP contribution < -0.4 is 0 Å². The Bertz CT molecular complexity index is 516. The number of fused-ring (bicyclic) bond motifs is 1. The van der Waals surface area contributed by atoms with Crippen molar-refractivity contribution < 1.29 is 9.90 Å². The third-order valence-electron chi connectivity index (χ3n) is 2.67. The number of para-hydroxylation sites is 1. The molecule has 0 aliphatic heterocycles. The van der Waals surface area contributed by atoms with E-state index in [0.717, 1.165) is 16.5 Å². The number of likely N-dealkylation sites (N-methyl/N-ethyl adjacent to an activating group) is 1. The van der Waals surface area contributed by atoms with Crippen LogP contribution in [0.1, 0.15) is 11.6 Å². The van der Waals surface area contributed by atoms with Crippen molar-refractivity contribution >= 4 is 16.9 Å². The second kappa shape index (κ2) is 3.98. The Balaban J connectivity index is 2.57. The van der Waals surface area contributed by atoms with E-state index in [1.807, 2.05) is 24.3 Å². The summed E-state index contributed by atoms with van der Waals surface area (Å²) in [6, 6.07) is 7.09. The third kappa shape index (κ3) is 1.67. The van der Waals surface area contributed by atoms with E-state index >= 15 is 0 Å². The molecule has 2 rings (SSSR count).